The molecule has 1 aliphatic heterocycles. The van der Waals surface area contributed by atoms with Crippen LogP contribution in [0.25, 0.3) is 0 Å². The summed E-state index contributed by atoms with van der Waals surface area (Å²) in [5.41, 5.74) is -0.232. The summed E-state index contributed by atoms with van der Waals surface area (Å²) in [6, 6.07) is 7.41. The first-order valence-electron chi connectivity index (χ1n) is 7.92. The van der Waals surface area contributed by atoms with E-state index in [4.69, 9.17) is 15.3 Å². The Morgan fingerprint density at radius 2 is 2.12 bits per heavy atom. The Morgan fingerprint density at radius 1 is 1.38 bits per heavy atom. The van der Waals surface area contributed by atoms with Gasteiger partial charge in [-0.05, 0) is 19.1 Å². The maximum Gasteiger partial charge on any atom is 0.294 e. The molecule has 9 nitrogen and oxygen atoms in total. The molecule has 2 N–H and O–H groups in total. The summed E-state index contributed by atoms with van der Waals surface area (Å²) >= 11 is 1.06. The van der Waals surface area contributed by atoms with Gasteiger partial charge in [0.05, 0.1) is 12.3 Å². The molecule has 2 aromatic rings. The third kappa shape index (κ3) is 3.90. The number of hydrogen-bond donors (Lipinski definition) is 1. The third-order valence-corrected chi connectivity index (χ3v) is 4.74. The summed E-state index contributed by atoms with van der Waals surface area (Å²) in [7, 11) is 1.68. The van der Waals surface area contributed by atoms with Crippen molar-refractivity contribution in [2.75, 3.05) is 31.8 Å². The van der Waals surface area contributed by atoms with Crippen LogP contribution in [0.5, 0.6) is 11.5 Å². The van der Waals surface area contributed by atoms with Gasteiger partial charge in [0.1, 0.15) is 12.3 Å². The number of nitrogens with zero attached hydrogens (tertiary/aromatic N) is 4. The first kappa shape index (κ1) is 18.1. The SMILES string of the molecule is Cc1nnc(SCC(=O)N(C)C[C@@H]2COc3ccccc3O2)n(N)c1=O. The first-order valence-corrected chi connectivity index (χ1v) is 8.91. The van der Waals surface area contributed by atoms with Gasteiger partial charge >= 0.3 is 0 Å². The zero-order chi connectivity index (χ0) is 18.7. The van der Waals surface area contributed by atoms with Crippen LogP contribution in [0.15, 0.2) is 34.2 Å². The van der Waals surface area contributed by atoms with Gasteiger partial charge < -0.3 is 20.2 Å². The van der Waals surface area contributed by atoms with E-state index in [1.54, 1.807) is 11.9 Å². The minimum atomic E-state index is -0.435. The van der Waals surface area contributed by atoms with E-state index in [-0.39, 0.29) is 28.6 Å². The van der Waals surface area contributed by atoms with E-state index in [1.165, 1.54) is 6.92 Å². The molecule has 0 bridgehead atoms. The molecular weight excluding hydrogens is 358 g/mol. The second-order valence-electron chi connectivity index (χ2n) is 5.80. The molecule has 0 spiro atoms. The van der Waals surface area contributed by atoms with E-state index in [1.807, 2.05) is 24.3 Å². The summed E-state index contributed by atoms with van der Waals surface area (Å²) in [5.74, 6) is 6.96. The van der Waals surface area contributed by atoms with E-state index in [9.17, 15) is 9.59 Å². The van der Waals surface area contributed by atoms with Crippen molar-refractivity contribution in [2.24, 2.45) is 0 Å². The highest BCUT2D eigenvalue weighted by Crippen LogP contribution is 2.30. The number of likely N-dealkylation sites (N-methyl/N-ethyl adjacent to an activating group) is 1. The number of rotatable bonds is 5. The van der Waals surface area contributed by atoms with Crippen molar-refractivity contribution in [3.8, 4) is 11.5 Å². The van der Waals surface area contributed by atoms with Gasteiger partial charge in [-0.2, -0.15) is 4.68 Å². The van der Waals surface area contributed by atoms with Gasteiger partial charge in [0.15, 0.2) is 17.6 Å². The molecule has 1 amide bonds. The third-order valence-electron chi connectivity index (χ3n) is 3.82. The van der Waals surface area contributed by atoms with Crippen LogP contribution in [0, 0.1) is 6.92 Å². The highest BCUT2D eigenvalue weighted by molar-refractivity contribution is 7.99. The quantitative estimate of drug-likeness (QED) is 0.575. The van der Waals surface area contributed by atoms with Crippen LogP contribution in [0.2, 0.25) is 0 Å². The molecule has 10 heteroatoms. The Kier molecular flexibility index (Phi) is 5.31. The average Bonchev–Trinajstić information content (AvgIpc) is 2.65. The number of para-hydroxylation sites is 2. The van der Waals surface area contributed by atoms with Crippen molar-refractivity contribution in [1.29, 1.82) is 0 Å². The largest absolute Gasteiger partial charge is 0.486 e. The Labute approximate surface area is 154 Å². The van der Waals surface area contributed by atoms with Crippen LogP contribution in [0.1, 0.15) is 5.69 Å². The molecule has 138 valence electrons. The van der Waals surface area contributed by atoms with Gasteiger partial charge in [-0.3, -0.25) is 9.59 Å². The zero-order valence-electron chi connectivity index (χ0n) is 14.4. The topological polar surface area (TPSA) is 113 Å². The molecule has 0 saturated carbocycles. The average molecular weight is 377 g/mol. The number of nitrogen functional groups attached to an aromatic ring is 1. The number of nitrogens with two attached hydrogens (primary N) is 1. The number of aromatic nitrogens is 3. The highest BCUT2D eigenvalue weighted by Gasteiger charge is 2.24. The van der Waals surface area contributed by atoms with Gasteiger partial charge in [-0.15, -0.1) is 10.2 Å². The van der Waals surface area contributed by atoms with Crippen molar-refractivity contribution in [2.45, 2.75) is 18.2 Å². The van der Waals surface area contributed by atoms with Crippen LogP contribution in [-0.4, -0.2) is 57.7 Å². The number of carbonyl (C=O) groups excluding carboxylic acids is 1. The predicted molar refractivity (Wildman–Crippen MR) is 95.9 cm³/mol. The molecule has 1 atom stereocenters. The lowest BCUT2D eigenvalue weighted by atomic mass is 10.2. The molecule has 0 radical (unpaired) electrons. The maximum atomic E-state index is 12.3. The smallest absolute Gasteiger partial charge is 0.294 e. The Morgan fingerprint density at radius 3 is 2.88 bits per heavy atom. The number of ether oxygens (including phenoxy) is 2. The normalized spacial score (nSPS) is 15.5. The number of amides is 1. The summed E-state index contributed by atoms with van der Waals surface area (Å²) in [6.07, 6.45) is -0.254. The second kappa shape index (κ2) is 7.65. The number of aryl methyl sites for hydroxylation is 1. The lowest BCUT2D eigenvalue weighted by Crippen LogP contribution is -2.42. The molecule has 1 aromatic heterocycles. The van der Waals surface area contributed by atoms with Gasteiger partial charge in [0.25, 0.3) is 5.56 Å². The van der Waals surface area contributed by atoms with Crippen LogP contribution in [0.4, 0.5) is 0 Å². The van der Waals surface area contributed by atoms with E-state index in [0.29, 0.717) is 24.7 Å². The van der Waals surface area contributed by atoms with E-state index < -0.39 is 5.56 Å². The summed E-state index contributed by atoms with van der Waals surface area (Å²) < 4.78 is 12.4. The standard InChI is InChI=1S/C16H19N5O4S/c1-10-15(23)21(17)16(19-18-10)26-9-14(22)20(2)7-11-8-24-12-5-3-4-6-13(12)25-11/h3-6,11H,7-9,17H2,1-2H3/t11-/m1/s1. The number of carbonyl (C=O) groups is 1. The van der Waals surface area contributed by atoms with E-state index in [0.717, 1.165) is 16.4 Å². The fourth-order valence-electron chi connectivity index (χ4n) is 2.37. The molecule has 0 aliphatic carbocycles. The van der Waals surface area contributed by atoms with Gasteiger partial charge in [0, 0.05) is 7.05 Å². The molecule has 0 fully saturated rings. The van der Waals surface area contributed by atoms with Crippen molar-refractivity contribution < 1.29 is 14.3 Å². The van der Waals surface area contributed by atoms with E-state index >= 15 is 0 Å². The minimum Gasteiger partial charge on any atom is -0.486 e. The predicted octanol–water partition coefficient (Wildman–Crippen LogP) is 0.0510. The Hall–Kier alpha value is -2.75. The highest BCUT2D eigenvalue weighted by atomic mass is 32.2. The van der Waals surface area contributed by atoms with Crippen molar-refractivity contribution in [3.05, 3.63) is 40.3 Å². The number of thioether (sulfide) groups is 1. The molecular formula is C16H19N5O4S. The van der Waals surface area contributed by atoms with Gasteiger partial charge in [-0.25, -0.2) is 0 Å². The molecule has 2 heterocycles. The lowest BCUT2D eigenvalue weighted by molar-refractivity contribution is -0.128. The van der Waals surface area contributed by atoms with Gasteiger partial charge in [-0.1, -0.05) is 23.9 Å². The first-order chi connectivity index (χ1) is 12.5. The molecule has 26 heavy (non-hydrogen) atoms. The van der Waals surface area contributed by atoms with Crippen LogP contribution in [-0.2, 0) is 4.79 Å². The van der Waals surface area contributed by atoms with Crippen molar-refractivity contribution in [3.63, 3.8) is 0 Å². The summed E-state index contributed by atoms with van der Waals surface area (Å²) in [6.45, 7) is 2.27. The molecule has 1 aromatic carbocycles. The molecule has 0 unspecified atom stereocenters. The maximum absolute atomic E-state index is 12.3. The fraction of sp³-hybridized carbons (Fsp3) is 0.375. The monoisotopic (exact) mass is 377 g/mol. The van der Waals surface area contributed by atoms with Crippen molar-refractivity contribution in [1.82, 2.24) is 19.8 Å². The number of fused-ring (bicyclic) bond motifs is 1. The summed E-state index contributed by atoms with van der Waals surface area (Å²) in [5, 5.41) is 7.77. The summed E-state index contributed by atoms with van der Waals surface area (Å²) in [4.78, 5) is 25.6. The lowest BCUT2D eigenvalue weighted by Gasteiger charge is -2.29. The molecule has 0 saturated heterocycles. The van der Waals surface area contributed by atoms with Gasteiger partial charge in [0.2, 0.25) is 11.1 Å². The Balaban J connectivity index is 1.54. The zero-order valence-corrected chi connectivity index (χ0v) is 15.2. The van der Waals surface area contributed by atoms with Crippen LogP contribution < -0.4 is 20.9 Å². The van der Waals surface area contributed by atoms with E-state index in [2.05, 4.69) is 10.2 Å². The van der Waals surface area contributed by atoms with Crippen molar-refractivity contribution >= 4 is 17.7 Å². The number of benzene rings is 1. The van der Waals surface area contributed by atoms with Crippen LogP contribution >= 0.6 is 11.8 Å². The second-order valence-corrected chi connectivity index (χ2v) is 6.75. The molecule has 3 rings (SSSR count). The fourth-order valence-corrected chi connectivity index (χ4v) is 3.16. The van der Waals surface area contributed by atoms with Crippen LogP contribution in [0.3, 0.4) is 0 Å². The Bertz CT molecular complexity index is 872. The minimum absolute atomic E-state index is 0.0784. The number of hydrogen-bond acceptors (Lipinski definition) is 8. The molecule has 1 aliphatic rings.